The Bertz CT molecular complexity index is 1950. The first kappa shape index (κ1) is 41.7. The molecule has 0 unspecified atom stereocenters. The zero-order chi connectivity index (χ0) is 38.8. The van der Waals surface area contributed by atoms with Gasteiger partial charge in [-0.25, -0.2) is 18.5 Å². The summed E-state index contributed by atoms with van der Waals surface area (Å²) in [4.78, 5) is 60.4. The number of hydrogen-bond acceptors (Lipinski definition) is 8. The van der Waals surface area contributed by atoms with E-state index >= 15 is 0 Å². The second-order valence-corrected chi connectivity index (χ2v) is 13.4. The van der Waals surface area contributed by atoms with E-state index in [-0.39, 0.29) is 73.1 Å². The first-order valence-corrected chi connectivity index (χ1v) is 17.6. The van der Waals surface area contributed by atoms with E-state index in [0.29, 0.717) is 43.1 Å². The Balaban J connectivity index is 0.000000204. The van der Waals surface area contributed by atoms with Crippen molar-refractivity contribution in [3.63, 3.8) is 0 Å². The number of nitrogens with one attached hydrogen (secondary N) is 2. The van der Waals surface area contributed by atoms with Crippen molar-refractivity contribution in [2.45, 2.75) is 12.8 Å². The van der Waals surface area contributed by atoms with Crippen molar-refractivity contribution in [3.8, 4) is 0 Å². The molecule has 0 aliphatic carbocycles. The topological polar surface area (TPSA) is 154 Å². The number of imide groups is 1. The standard InChI is InChI=1S/C17H14Cl3FN4O2.C10H9Cl2N3O2.C6H5ClFN/c18-11-6-10(2-3-14(11)21)23-17(27)24-4-1-5-25(15(26)9-24)16-12(19)7-22-8-13(16)20;11-6-3-14-4-7(12)10(6)15-8(16)1-2-13-5-9(15)17;7-5-2-1-4(9)3-6(5)8/h2-3,6-8H,1,4-5,9H2,(H,23,27);3-4,13H,1-2,5H2;1-3H,9H2. The molecule has 0 atom stereocenters. The number of nitrogens with two attached hydrogens (primary N) is 1. The van der Waals surface area contributed by atoms with Gasteiger partial charge in [0.15, 0.2) is 0 Å². The molecule has 4 heterocycles. The van der Waals surface area contributed by atoms with Crippen molar-refractivity contribution in [2.24, 2.45) is 0 Å². The summed E-state index contributed by atoms with van der Waals surface area (Å²) in [5.74, 6) is -2.08. The summed E-state index contributed by atoms with van der Waals surface area (Å²) in [7, 11) is 0. The van der Waals surface area contributed by atoms with Crippen LogP contribution in [0.1, 0.15) is 12.8 Å². The third-order valence-electron chi connectivity index (χ3n) is 7.28. The summed E-state index contributed by atoms with van der Waals surface area (Å²) >= 11 is 35.2. The maximum Gasteiger partial charge on any atom is 0.322 e. The van der Waals surface area contributed by atoms with Crippen molar-refractivity contribution in [1.29, 1.82) is 0 Å². The van der Waals surface area contributed by atoms with Crippen molar-refractivity contribution in [2.75, 3.05) is 53.6 Å². The average molecular weight is 851 g/mol. The van der Waals surface area contributed by atoms with E-state index in [0.717, 1.165) is 11.0 Å². The Labute approximate surface area is 332 Å². The van der Waals surface area contributed by atoms with Crippen molar-refractivity contribution in [3.05, 3.63) is 103 Å². The molecule has 5 amide bonds. The van der Waals surface area contributed by atoms with Crippen LogP contribution in [-0.2, 0) is 14.4 Å². The van der Waals surface area contributed by atoms with Crippen molar-refractivity contribution in [1.82, 2.24) is 20.2 Å². The third-order valence-corrected chi connectivity index (χ3v) is 8.98. The molecular formula is C33H28Cl6F2N8O4. The van der Waals surface area contributed by atoms with Crippen molar-refractivity contribution < 1.29 is 28.0 Å². The SMILES string of the molecule is Nc1ccc(Cl)c(F)c1.O=C(Nc1ccc(F)c(Cl)c1)N1CCCN(c2c(Cl)cncc2Cl)C(=O)C1.O=C1CCNCC(=O)N1c1c(Cl)cncc1Cl. The second-order valence-electron chi connectivity index (χ2n) is 11.0. The molecule has 4 aromatic rings. The number of amides is 5. The Hall–Kier alpha value is -4.02. The highest BCUT2D eigenvalue weighted by atomic mass is 35.5. The minimum atomic E-state index is -0.582. The lowest BCUT2D eigenvalue weighted by atomic mass is 10.3. The van der Waals surface area contributed by atoms with Crippen LogP contribution in [0.2, 0.25) is 30.1 Å². The molecule has 12 nitrogen and oxygen atoms in total. The van der Waals surface area contributed by atoms with Crippen LogP contribution in [0.3, 0.4) is 0 Å². The van der Waals surface area contributed by atoms with Crippen LogP contribution >= 0.6 is 69.6 Å². The van der Waals surface area contributed by atoms with E-state index in [1.807, 2.05) is 0 Å². The van der Waals surface area contributed by atoms with Crippen LogP contribution in [-0.4, -0.2) is 71.3 Å². The van der Waals surface area contributed by atoms with Gasteiger partial charge in [-0.05, 0) is 42.8 Å². The smallest absolute Gasteiger partial charge is 0.322 e. The average Bonchev–Trinajstić information content (AvgIpc) is 3.39. The van der Waals surface area contributed by atoms with Gasteiger partial charge in [-0.3, -0.25) is 24.4 Å². The first-order valence-electron chi connectivity index (χ1n) is 15.3. The fourth-order valence-corrected chi connectivity index (χ4v) is 6.22. The van der Waals surface area contributed by atoms with Crippen LogP contribution in [0, 0.1) is 11.6 Å². The fraction of sp³-hybridized carbons (Fsp3) is 0.212. The Morgan fingerprint density at radius 3 is 1.94 bits per heavy atom. The molecule has 2 aliphatic heterocycles. The highest BCUT2D eigenvalue weighted by Crippen LogP contribution is 2.34. The lowest BCUT2D eigenvalue weighted by Crippen LogP contribution is -2.41. The number of pyridine rings is 2. The molecule has 2 saturated heterocycles. The van der Waals surface area contributed by atoms with Gasteiger partial charge in [-0.2, -0.15) is 0 Å². The number of halogens is 8. The van der Waals surface area contributed by atoms with Crippen LogP contribution in [0.25, 0.3) is 0 Å². The summed E-state index contributed by atoms with van der Waals surface area (Å²) in [6, 6.07) is 7.51. The van der Waals surface area contributed by atoms with Crippen LogP contribution in [0.15, 0.2) is 61.2 Å². The Kier molecular flexibility index (Phi) is 15.2. The molecule has 2 aliphatic rings. The maximum atomic E-state index is 13.2. The molecule has 0 radical (unpaired) electrons. The molecule has 0 saturated carbocycles. The van der Waals surface area contributed by atoms with Crippen LogP contribution < -0.4 is 26.2 Å². The minimum Gasteiger partial charge on any atom is -0.399 e. The number of carbonyl (C=O) groups is 4. The molecule has 280 valence electrons. The zero-order valence-corrected chi connectivity index (χ0v) is 31.7. The zero-order valence-electron chi connectivity index (χ0n) is 27.2. The Morgan fingerprint density at radius 1 is 0.736 bits per heavy atom. The number of nitrogens with zero attached hydrogens (tertiary/aromatic N) is 5. The van der Waals surface area contributed by atoms with E-state index in [2.05, 4.69) is 20.6 Å². The number of anilines is 4. The van der Waals surface area contributed by atoms with Gasteiger partial charge < -0.3 is 26.2 Å². The first-order chi connectivity index (χ1) is 25.2. The molecule has 2 aromatic heterocycles. The lowest BCUT2D eigenvalue weighted by Gasteiger charge is -2.23. The quantitative estimate of drug-likeness (QED) is 0.140. The minimum absolute atomic E-state index is 0.0840. The molecule has 6 rings (SSSR count). The summed E-state index contributed by atoms with van der Waals surface area (Å²) in [6.07, 6.45) is 6.26. The van der Waals surface area contributed by atoms with E-state index in [1.54, 1.807) is 6.07 Å². The summed E-state index contributed by atoms with van der Waals surface area (Å²) < 4.78 is 25.6. The molecule has 20 heteroatoms. The van der Waals surface area contributed by atoms with Gasteiger partial charge in [0.25, 0.3) is 0 Å². The molecule has 2 aromatic carbocycles. The number of benzene rings is 2. The normalized spacial score (nSPS) is 14.7. The van der Waals surface area contributed by atoms with Gasteiger partial charge in [0, 0.05) is 62.2 Å². The molecule has 53 heavy (non-hydrogen) atoms. The predicted molar refractivity (Wildman–Crippen MR) is 203 cm³/mol. The van der Waals surface area contributed by atoms with E-state index < -0.39 is 17.7 Å². The van der Waals surface area contributed by atoms with Gasteiger partial charge in [-0.1, -0.05) is 69.6 Å². The predicted octanol–water partition coefficient (Wildman–Crippen LogP) is 7.75. The molecular weight excluding hydrogens is 823 g/mol. The van der Waals surface area contributed by atoms with Gasteiger partial charge >= 0.3 is 6.03 Å². The molecule has 2 fully saturated rings. The van der Waals surface area contributed by atoms with Gasteiger partial charge in [0.2, 0.25) is 17.7 Å². The second kappa shape index (κ2) is 19.3. The van der Waals surface area contributed by atoms with E-state index in [4.69, 9.17) is 75.3 Å². The van der Waals surface area contributed by atoms with Crippen LogP contribution in [0.5, 0.6) is 0 Å². The van der Waals surface area contributed by atoms with Gasteiger partial charge in [-0.15, -0.1) is 0 Å². The fourth-order valence-electron chi connectivity index (χ4n) is 4.82. The number of carbonyl (C=O) groups excluding carboxylic acids is 4. The Morgan fingerprint density at radius 2 is 1.36 bits per heavy atom. The molecule has 0 bridgehead atoms. The highest BCUT2D eigenvalue weighted by molar-refractivity contribution is 6.41. The molecule has 0 spiro atoms. The van der Waals surface area contributed by atoms with Gasteiger partial charge in [0.05, 0.1) is 48.1 Å². The van der Waals surface area contributed by atoms with Crippen LogP contribution in [0.4, 0.5) is 36.3 Å². The summed E-state index contributed by atoms with van der Waals surface area (Å²) in [5, 5.41) is 6.34. The number of rotatable bonds is 3. The largest absolute Gasteiger partial charge is 0.399 e. The summed E-state index contributed by atoms with van der Waals surface area (Å²) in [5.41, 5.74) is 6.54. The summed E-state index contributed by atoms with van der Waals surface area (Å²) in [6.45, 7) is 1.09. The number of urea groups is 1. The number of nitrogen functional groups attached to an aromatic ring is 1. The van der Waals surface area contributed by atoms with E-state index in [1.165, 1.54) is 58.9 Å². The third kappa shape index (κ3) is 11.2. The van der Waals surface area contributed by atoms with Crippen molar-refractivity contribution >= 4 is 116 Å². The lowest BCUT2D eigenvalue weighted by molar-refractivity contribution is -0.125. The number of hydrogen-bond donors (Lipinski definition) is 3. The maximum absolute atomic E-state index is 13.2. The molecule has 4 N–H and O–H groups in total. The monoisotopic (exact) mass is 848 g/mol. The highest BCUT2D eigenvalue weighted by Gasteiger charge is 2.30. The van der Waals surface area contributed by atoms with Gasteiger partial charge in [0.1, 0.15) is 18.2 Å². The van der Waals surface area contributed by atoms with E-state index in [9.17, 15) is 28.0 Å². The number of aromatic nitrogens is 2.